The van der Waals surface area contributed by atoms with Gasteiger partial charge in [-0.25, -0.2) is 0 Å². The summed E-state index contributed by atoms with van der Waals surface area (Å²) in [5.41, 5.74) is 1.17. The molecule has 21 heavy (non-hydrogen) atoms. The molecule has 2 unspecified atom stereocenters. The van der Waals surface area contributed by atoms with Gasteiger partial charge in [-0.05, 0) is 37.1 Å². The molecule has 116 valence electrons. The number of hydrogen-bond acceptors (Lipinski definition) is 5. The standard InChI is InChI=1S/C16H23NO4/c1-2-6-17-14(10-19-13-5-7-18-9-13)12-3-4-15-16(8-12)21-11-20-15/h3-4,8,13-14,17H,2,5-7,9-11H2,1H3. The Hall–Kier alpha value is -1.30. The topological polar surface area (TPSA) is 49.0 Å². The van der Waals surface area contributed by atoms with Gasteiger partial charge in [0.2, 0.25) is 6.79 Å². The van der Waals surface area contributed by atoms with E-state index in [4.69, 9.17) is 18.9 Å². The third-order valence-electron chi connectivity index (χ3n) is 3.83. The Labute approximate surface area is 125 Å². The molecule has 5 heteroatoms. The summed E-state index contributed by atoms with van der Waals surface area (Å²) in [4.78, 5) is 0. The largest absolute Gasteiger partial charge is 0.454 e. The highest BCUT2D eigenvalue weighted by Gasteiger charge is 2.21. The summed E-state index contributed by atoms with van der Waals surface area (Å²) < 4.78 is 22.2. The highest BCUT2D eigenvalue weighted by molar-refractivity contribution is 5.45. The third-order valence-corrected chi connectivity index (χ3v) is 3.83. The molecule has 1 aromatic rings. The van der Waals surface area contributed by atoms with Gasteiger partial charge in [0, 0.05) is 6.61 Å². The fraction of sp³-hybridized carbons (Fsp3) is 0.625. The molecule has 0 aliphatic carbocycles. The Morgan fingerprint density at radius 2 is 2.24 bits per heavy atom. The maximum absolute atomic E-state index is 5.98. The van der Waals surface area contributed by atoms with Crippen LogP contribution in [0.15, 0.2) is 18.2 Å². The van der Waals surface area contributed by atoms with Crippen molar-refractivity contribution in [3.05, 3.63) is 23.8 Å². The first-order valence-corrected chi connectivity index (χ1v) is 7.69. The van der Waals surface area contributed by atoms with E-state index in [0.29, 0.717) is 20.0 Å². The Bertz CT molecular complexity index is 460. The van der Waals surface area contributed by atoms with Crippen molar-refractivity contribution < 1.29 is 18.9 Å². The van der Waals surface area contributed by atoms with Crippen LogP contribution in [0.5, 0.6) is 11.5 Å². The zero-order chi connectivity index (χ0) is 14.5. The normalized spacial score (nSPS) is 21.7. The third kappa shape index (κ3) is 3.67. The second kappa shape index (κ2) is 7.11. The molecular formula is C16H23NO4. The molecule has 3 rings (SSSR count). The van der Waals surface area contributed by atoms with Crippen LogP contribution >= 0.6 is 0 Å². The van der Waals surface area contributed by atoms with Gasteiger partial charge in [-0.2, -0.15) is 0 Å². The van der Waals surface area contributed by atoms with E-state index in [9.17, 15) is 0 Å². The molecule has 2 aliphatic rings. The lowest BCUT2D eigenvalue weighted by Gasteiger charge is -2.21. The van der Waals surface area contributed by atoms with Crippen molar-refractivity contribution in [1.82, 2.24) is 5.32 Å². The summed E-state index contributed by atoms with van der Waals surface area (Å²) in [5, 5.41) is 3.54. The van der Waals surface area contributed by atoms with E-state index < -0.39 is 0 Å². The minimum atomic E-state index is 0.167. The Morgan fingerprint density at radius 1 is 1.33 bits per heavy atom. The summed E-state index contributed by atoms with van der Waals surface area (Å²) in [6.45, 7) is 5.60. The van der Waals surface area contributed by atoms with E-state index in [1.54, 1.807) is 0 Å². The quantitative estimate of drug-likeness (QED) is 0.835. The molecular weight excluding hydrogens is 270 g/mol. The van der Waals surface area contributed by atoms with Gasteiger partial charge < -0.3 is 24.3 Å². The molecule has 0 aromatic heterocycles. The van der Waals surface area contributed by atoms with Gasteiger partial charge in [-0.3, -0.25) is 0 Å². The Balaban J connectivity index is 1.65. The molecule has 0 radical (unpaired) electrons. The van der Waals surface area contributed by atoms with E-state index in [1.807, 2.05) is 12.1 Å². The molecule has 5 nitrogen and oxygen atoms in total. The van der Waals surface area contributed by atoms with Gasteiger partial charge >= 0.3 is 0 Å². The predicted octanol–water partition coefficient (Wildman–Crippen LogP) is 2.26. The van der Waals surface area contributed by atoms with E-state index in [2.05, 4.69) is 18.3 Å². The monoisotopic (exact) mass is 293 g/mol. The lowest BCUT2D eigenvalue weighted by atomic mass is 10.1. The van der Waals surface area contributed by atoms with Crippen molar-refractivity contribution in [2.24, 2.45) is 0 Å². The molecule has 2 aliphatic heterocycles. The van der Waals surface area contributed by atoms with Gasteiger partial charge in [0.05, 0.1) is 25.4 Å². The average molecular weight is 293 g/mol. The summed E-state index contributed by atoms with van der Waals surface area (Å²) >= 11 is 0. The molecule has 2 atom stereocenters. The van der Waals surface area contributed by atoms with Crippen molar-refractivity contribution >= 4 is 0 Å². The summed E-state index contributed by atoms with van der Waals surface area (Å²) in [6, 6.07) is 6.26. The molecule has 2 heterocycles. The fourth-order valence-corrected chi connectivity index (χ4v) is 2.60. The lowest BCUT2D eigenvalue weighted by molar-refractivity contribution is 0.0297. The SMILES string of the molecule is CCCNC(COC1CCOC1)c1ccc2c(c1)OCO2. The first-order chi connectivity index (χ1) is 10.4. The van der Waals surface area contributed by atoms with Crippen LogP contribution in [0.2, 0.25) is 0 Å². The van der Waals surface area contributed by atoms with Crippen LogP contribution in [0.25, 0.3) is 0 Å². The minimum Gasteiger partial charge on any atom is -0.454 e. The predicted molar refractivity (Wildman–Crippen MR) is 78.8 cm³/mol. The summed E-state index contributed by atoms with van der Waals surface area (Å²) in [5.74, 6) is 1.64. The van der Waals surface area contributed by atoms with E-state index >= 15 is 0 Å². The molecule has 1 saturated heterocycles. The fourth-order valence-electron chi connectivity index (χ4n) is 2.60. The van der Waals surface area contributed by atoms with Crippen molar-refractivity contribution in [1.29, 1.82) is 0 Å². The number of rotatable bonds is 7. The maximum Gasteiger partial charge on any atom is 0.231 e. The molecule has 1 N–H and O–H groups in total. The zero-order valence-electron chi connectivity index (χ0n) is 12.5. The van der Waals surface area contributed by atoms with Gasteiger partial charge in [-0.15, -0.1) is 0 Å². The second-order valence-corrected chi connectivity index (χ2v) is 5.44. The minimum absolute atomic E-state index is 0.167. The second-order valence-electron chi connectivity index (χ2n) is 5.44. The van der Waals surface area contributed by atoms with Crippen molar-refractivity contribution in [2.75, 3.05) is 33.2 Å². The molecule has 0 bridgehead atoms. The van der Waals surface area contributed by atoms with Crippen LogP contribution in [0.1, 0.15) is 31.4 Å². The van der Waals surface area contributed by atoms with Crippen molar-refractivity contribution in [3.8, 4) is 11.5 Å². The van der Waals surface area contributed by atoms with Crippen LogP contribution in [0.3, 0.4) is 0 Å². The lowest BCUT2D eigenvalue weighted by Crippen LogP contribution is -2.28. The van der Waals surface area contributed by atoms with Crippen LogP contribution in [0.4, 0.5) is 0 Å². The van der Waals surface area contributed by atoms with E-state index in [1.165, 1.54) is 5.56 Å². The highest BCUT2D eigenvalue weighted by atomic mass is 16.7. The summed E-state index contributed by atoms with van der Waals surface area (Å²) in [7, 11) is 0. The van der Waals surface area contributed by atoms with Crippen LogP contribution < -0.4 is 14.8 Å². The summed E-state index contributed by atoms with van der Waals surface area (Å²) in [6.07, 6.45) is 2.31. The van der Waals surface area contributed by atoms with Crippen LogP contribution in [0, 0.1) is 0 Å². The first kappa shape index (κ1) is 14.6. The Morgan fingerprint density at radius 3 is 3.05 bits per heavy atom. The maximum atomic E-state index is 5.98. The molecule has 0 amide bonds. The number of hydrogen-bond donors (Lipinski definition) is 1. The number of benzene rings is 1. The van der Waals surface area contributed by atoms with Gasteiger partial charge in [0.25, 0.3) is 0 Å². The van der Waals surface area contributed by atoms with Crippen molar-refractivity contribution in [3.63, 3.8) is 0 Å². The van der Waals surface area contributed by atoms with Crippen LogP contribution in [-0.2, 0) is 9.47 Å². The number of fused-ring (bicyclic) bond motifs is 1. The van der Waals surface area contributed by atoms with Crippen molar-refractivity contribution in [2.45, 2.75) is 31.9 Å². The smallest absolute Gasteiger partial charge is 0.231 e. The van der Waals surface area contributed by atoms with E-state index in [-0.39, 0.29) is 12.1 Å². The first-order valence-electron chi connectivity index (χ1n) is 7.69. The van der Waals surface area contributed by atoms with Gasteiger partial charge in [0.1, 0.15) is 0 Å². The molecule has 1 fully saturated rings. The average Bonchev–Trinajstić information content (AvgIpc) is 3.17. The van der Waals surface area contributed by atoms with Gasteiger partial charge in [-0.1, -0.05) is 13.0 Å². The van der Waals surface area contributed by atoms with E-state index in [0.717, 1.165) is 37.5 Å². The highest BCUT2D eigenvalue weighted by Crippen LogP contribution is 2.34. The number of nitrogens with one attached hydrogen (secondary N) is 1. The Kier molecular flexibility index (Phi) is 4.95. The van der Waals surface area contributed by atoms with Gasteiger partial charge in [0.15, 0.2) is 11.5 Å². The number of ether oxygens (including phenoxy) is 4. The zero-order valence-corrected chi connectivity index (χ0v) is 12.5. The molecule has 0 saturated carbocycles. The molecule has 1 aromatic carbocycles. The molecule has 0 spiro atoms. The van der Waals surface area contributed by atoms with Crippen LogP contribution in [-0.4, -0.2) is 39.3 Å².